The maximum Gasteiger partial charge on any atom is 0.310 e. The van der Waals surface area contributed by atoms with Gasteiger partial charge in [0.25, 0.3) is 5.91 Å². The number of nitrogens with one attached hydrogen (secondary N) is 1. The quantitative estimate of drug-likeness (QED) is 0.691. The molecule has 1 aromatic heterocycles. The van der Waals surface area contributed by atoms with Gasteiger partial charge in [0.2, 0.25) is 0 Å². The lowest BCUT2D eigenvalue weighted by Crippen LogP contribution is -2.29. The van der Waals surface area contributed by atoms with Gasteiger partial charge in [0.05, 0.1) is 17.7 Å². The van der Waals surface area contributed by atoms with E-state index in [1.54, 1.807) is 24.3 Å². The summed E-state index contributed by atoms with van der Waals surface area (Å²) in [5.41, 5.74) is 2.53. The molecule has 1 aromatic carbocycles. The van der Waals surface area contributed by atoms with Crippen molar-refractivity contribution in [3.63, 3.8) is 0 Å². The molecule has 0 atom stereocenters. The number of aryl methyl sites for hydroxylation is 2. The minimum atomic E-state index is -0.443. The predicted molar refractivity (Wildman–Crippen MR) is 94.7 cm³/mol. The minimum absolute atomic E-state index is 0.102. The normalized spacial score (nSPS) is 10.4. The minimum Gasteiger partial charge on any atom is -0.489 e. The van der Waals surface area contributed by atoms with E-state index in [2.05, 4.69) is 10.5 Å². The Bertz CT molecular complexity index is 717. The van der Waals surface area contributed by atoms with E-state index in [0.717, 1.165) is 29.0 Å². The van der Waals surface area contributed by atoms with Crippen LogP contribution < -0.4 is 10.1 Å². The SMILES string of the molecule is CCCNC(=O)COC(=O)Cc1ccc(OCc2c(C)noc2C)cc1. The first-order valence-electron chi connectivity index (χ1n) is 8.55. The van der Waals surface area contributed by atoms with Crippen LogP contribution in [-0.4, -0.2) is 30.2 Å². The highest BCUT2D eigenvalue weighted by atomic mass is 16.5. The Morgan fingerprint density at radius 2 is 1.92 bits per heavy atom. The number of hydrogen-bond acceptors (Lipinski definition) is 6. The number of amides is 1. The van der Waals surface area contributed by atoms with Gasteiger partial charge >= 0.3 is 5.97 Å². The maximum absolute atomic E-state index is 11.8. The van der Waals surface area contributed by atoms with Gasteiger partial charge in [0.15, 0.2) is 6.61 Å². The fourth-order valence-electron chi connectivity index (χ4n) is 2.25. The number of esters is 1. The molecule has 7 heteroatoms. The van der Waals surface area contributed by atoms with Crippen molar-refractivity contribution in [3.05, 3.63) is 46.8 Å². The highest BCUT2D eigenvalue weighted by Gasteiger charge is 2.11. The van der Waals surface area contributed by atoms with Gasteiger partial charge < -0.3 is 19.3 Å². The highest BCUT2D eigenvalue weighted by molar-refractivity contribution is 5.81. The van der Waals surface area contributed by atoms with Gasteiger partial charge in [-0.3, -0.25) is 9.59 Å². The topological polar surface area (TPSA) is 90.7 Å². The van der Waals surface area contributed by atoms with Crippen LogP contribution in [0.15, 0.2) is 28.8 Å². The van der Waals surface area contributed by atoms with Gasteiger partial charge in [-0.1, -0.05) is 24.2 Å². The molecule has 1 N–H and O–H groups in total. The summed E-state index contributed by atoms with van der Waals surface area (Å²) >= 11 is 0. The molecule has 0 fully saturated rings. The molecule has 0 unspecified atom stereocenters. The number of ether oxygens (including phenoxy) is 2. The Kier molecular flexibility index (Phi) is 7.20. The van der Waals surface area contributed by atoms with Crippen molar-refractivity contribution < 1.29 is 23.6 Å². The van der Waals surface area contributed by atoms with Gasteiger partial charge in [-0.2, -0.15) is 0 Å². The maximum atomic E-state index is 11.8. The molecule has 1 heterocycles. The second kappa shape index (κ2) is 9.60. The summed E-state index contributed by atoms with van der Waals surface area (Å²) in [7, 11) is 0. The summed E-state index contributed by atoms with van der Waals surface area (Å²) in [6.07, 6.45) is 0.940. The van der Waals surface area contributed by atoms with E-state index < -0.39 is 5.97 Å². The second-order valence-corrected chi connectivity index (χ2v) is 5.92. The van der Waals surface area contributed by atoms with Crippen LogP contribution in [0.5, 0.6) is 5.75 Å². The molecule has 0 bridgehead atoms. The van der Waals surface area contributed by atoms with Crippen LogP contribution in [0.25, 0.3) is 0 Å². The monoisotopic (exact) mass is 360 g/mol. The van der Waals surface area contributed by atoms with Crippen molar-refractivity contribution in [1.82, 2.24) is 10.5 Å². The standard InChI is InChI=1S/C19H24N2O5/c1-4-9-20-18(22)12-25-19(23)10-15-5-7-16(8-6-15)24-11-17-13(2)21-26-14(17)3/h5-8H,4,9-12H2,1-3H3,(H,20,22). The van der Waals surface area contributed by atoms with Crippen molar-refractivity contribution >= 4 is 11.9 Å². The lowest BCUT2D eigenvalue weighted by molar-refractivity contribution is -0.147. The lowest BCUT2D eigenvalue weighted by Gasteiger charge is -2.08. The van der Waals surface area contributed by atoms with E-state index in [1.165, 1.54) is 0 Å². The number of benzene rings is 1. The number of nitrogens with zero attached hydrogens (tertiary/aromatic N) is 1. The molecule has 26 heavy (non-hydrogen) atoms. The molecule has 2 aromatic rings. The summed E-state index contributed by atoms with van der Waals surface area (Å²) < 4.78 is 15.8. The van der Waals surface area contributed by atoms with Crippen molar-refractivity contribution in [1.29, 1.82) is 0 Å². The molecule has 0 aliphatic rings. The molecule has 0 saturated carbocycles. The predicted octanol–water partition coefficient (Wildman–Crippen LogP) is 2.48. The first kappa shape index (κ1) is 19.5. The van der Waals surface area contributed by atoms with Crippen LogP contribution in [-0.2, 0) is 27.4 Å². The third kappa shape index (κ3) is 5.91. The van der Waals surface area contributed by atoms with Crippen LogP contribution in [0.3, 0.4) is 0 Å². The third-order valence-electron chi connectivity index (χ3n) is 3.77. The van der Waals surface area contributed by atoms with E-state index in [1.807, 2.05) is 20.8 Å². The van der Waals surface area contributed by atoms with Crippen molar-refractivity contribution in [2.24, 2.45) is 0 Å². The van der Waals surface area contributed by atoms with E-state index in [4.69, 9.17) is 14.0 Å². The smallest absolute Gasteiger partial charge is 0.310 e. The molecule has 0 aliphatic carbocycles. The van der Waals surface area contributed by atoms with Crippen LogP contribution in [0, 0.1) is 13.8 Å². The number of hydrogen-bond donors (Lipinski definition) is 1. The average molecular weight is 360 g/mol. The fraction of sp³-hybridized carbons (Fsp3) is 0.421. The molecule has 2 rings (SSSR count). The molecule has 0 saturated heterocycles. The van der Waals surface area contributed by atoms with Crippen molar-refractivity contribution in [3.8, 4) is 5.75 Å². The Morgan fingerprint density at radius 1 is 1.19 bits per heavy atom. The number of aromatic nitrogens is 1. The molecule has 7 nitrogen and oxygen atoms in total. The summed E-state index contributed by atoms with van der Waals surface area (Å²) in [6, 6.07) is 7.16. The first-order chi connectivity index (χ1) is 12.5. The summed E-state index contributed by atoms with van der Waals surface area (Å²) in [5, 5.41) is 6.54. The molecule has 0 aliphatic heterocycles. The lowest BCUT2D eigenvalue weighted by atomic mass is 10.1. The number of carbonyl (C=O) groups is 2. The second-order valence-electron chi connectivity index (χ2n) is 5.92. The molecule has 1 amide bonds. The van der Waals surface area contributed by atoms with Crippen LogP contribution >= 0.6 is 0 Å². The van der Waals surface area contributed by atoms with Crippen molar-refractivity contribution in [2.45, 2.75) is 40.2 Å². The van der Waals surface area contributed by atoms with Gasteiger partial charge in [0, 0.05) is 6.54 Å². The fourth-order valence-corrected chi connectivity index (χ4v) is 2.25. The van der Waals surface area contributed by atoms with Gasteiger partial charge in [-0.25, -0.2) is 0 Å². The number of rotatable bonds is 9. The van der Waals surface area contributed by atoms with E-state index >= 15 is 0 Å². The summed E-state index contributed by atoms with van der Waals surface area (Å²) in [4.78, 5) is 23.2. The molecular weight excluding hydrogens is 336 g/mol. The van der Waals surface area contributed by atoms with Crippen LogP contribution in [0.1, 0.15) is 35.9 Å². The van der Waals surface area contributed by atoms with Crippen LogP contribution in [0.2, 0.25) is 0 Å². The molecule has 140 valence electrons. The van der Waals surface area contributed by atoms with Gasteiger partial charge in [0.1, 0.15) is 18.1 Å². The zero-order valence-corrected chi connectivity index (χ0v) is 15.3. The van der Waals surface area contributed by atoms with Gasteiger partial charge in [-0.05, 0) is 38.0 Å². The molecule has 0 radical (unpaired) electrons. The average Bonchev–Trinajstić information content (AvgIpc) is 2.95. The number of carbonyl (C=O) groups excluding carboxylic acids is 2. The van der Waals surface area contributed by atoms with E-state index in [9.17, 15) is 9.59 Å². The Balaban J connectivity index is 1.78. The largest absolute Gasteiger partial charge is 0.489 e. The third-order valence-corrected chi connectivity index (χ3v) is 3.77. The van der Waals surface area contributed by atoms with E-state index in [-0.39, 0.29) is 18.9 Å². The van der Waals surface area contributed by atoms with E-state index in [0.29, 0.717) is 18.9 Å². The van der Waals surface area contributed by atoms with Crippen molar-refractivity contribution in [2.75, 3.05) is 13.2 Å². The Morgan fingerprint density at radius 3 is 2.54 bits per heavy atom. The zero-order valence-electron chi connectivity index (χ0n) is 15.3. The molecular formula is C19H24N2O5. The Labute approximate surface area is 152 Å². The van der Waals surface area contributed by atoms with Crippen LogP contribution in [0.4, 0.5) is 0 Å². The zero-order chi connectivity index (χ0) is 18.9. The summed E-state index contributed by atoms with van der Waals surface area (Å²) in [5.74, 6) is 0.690. The highest BCUT2D eigenvalue weighted by Crippen LogP contribution is 2.18. The first-order valence-corrected chi connectivity index (χ1v) is 8.55. The summed E-state index contributed by atoms with van der Waals surface area (Å²) in [6.45, 7) is 6.36. The Hall–Kier alpha value is -2.83. The van der Waals surface area contributed by atoms with Gasteiger partial charge in [-0.15, -0.1) is 0 Å². The molecule has 0 spiro atoms.